The van der Waals surface area contributed by atoms with Crippen LogP contribution in [0.3, 0.4) is 0 Å². The first kappa shape index (κ1) is 23.6. The van der Waals surface area contributed by atoms with Crippen molar-refractivity contribution in [2.75, 3.05) is 32.7 Å². The molecular weight excluding hydrogens is 414 g/mol. The number of likely N-dealkylation sites (tertiary alicyclic amines) is 1. The number of hydrogen-bond donors (Lipinski definition) is 1. The second kappa shape index (κ2) is 10.9. The van der Waals surface area contributed by atoms with Crippen molar-refractivity contribution in [3.63, 3.8) is 0 Å². The fourth-order valence-corrected chi connectivity index (χ4v) is 5.37. The highest BCUT2D eigenvalue weighted by Gasteiger charge is 2.25. The molecule has 162 valence electrons. The van der Waals surface area contributed by atoms with Crippen LogP contribution in [0.1, 0.15) is 56.3 Å². The molecule has 0 spiro atoms. The molecule has 29 heavy (non-hydrogen) atoms. The van der Waals surface area contributed by atoms with Gasteiger partial charge in [-0.15, -0.1) is 0 Å². The van der Waals surface area contributed by atoms with Gasteiger partial charge in [0.05, 0.1) is 5.02 Å². The van der Waals surface area contributed by atoms with Crippen LogP contribution in [0.15, 0.2) is 23.1 Å². The van der Waals surface area contributed by atoms with E-state index in [1.165, 1.54) is 22.5 Å². The van der Waals surface area contributed by atoms with E-state index in [4.69, 9.17) is 11.6 Å². The van der Waals surface area contributed by atoms with Crippen LogP contribution in [0, 0.1) is 0 Å². The summed E-state index contributed by atoms with van der Waals surface area (Å²) in [7, 11) is -3.78. The number of nitrogens with zero attached hydrogens (tertiary/aromatic N) is 2. The number of nitrogens with one attached hydrogen (secondary N) is 1. The summed E-state index contributed by atoms with van der Waals surface area (Å²) in [6.07, 6.45) is 4.56. The minimum atomic E-state index is -3.78. The normalized spacial score (nSPS) is 15.2. The van der Waals surface area contributed by atoms with Crippen molar-refractivity contribution >= 4 is 33.4 Å². The second-order valence-corrected chi connectivity index (χ2v) is 9.35. The van der Waals surface area contributed by atoms with Crippen molar-refractivity contribution in [2.24, 2.45) is 0 Å². The second-order valence-electron chi connectivity index (χ2n) is 7.04. The molecule has 1 saturated heterocycles. The zero-order valence-electron chi connectivity index (χ0n) is 17.1. The van der Waals surface area contributed by atoms with Gasteiger partial charge in [-0.1, -0.05) is 38.3 Å². The third-order valence-corrected chi connectivity index (χ3v) is 7.63. The maximum Gasteiger partial charge on any atom is 0.251 e. The zero-order chi connectivity index (χ0) is 21.4. The first-order valence-corrected chi connectivity index (χ1v) is 12.0. The van der Waals surface area contributed by atoms with Gasteiger partial charge in [0.25, 0.3) is 5.91 Å². The van der Waals surface area contributed by atoms with E-state index in [-0.39, 0.29) is 34.4 Å². The lowest BCUT2D eigenvalue weighted by molar-refractivity contribution is -0.131. The van der Waals surface area contributed by atoms with E-state index in [2.05, 4.69) is 5.32 Å². The van der Waals surface area contributed by atoms with Gasteiger partial charge in [0.1, 0.15) is 4.90 Å². The van der Waals surface area contributed by atoms with Crippen LogP contribution < -0.4 is 5.32 Å². The molecule has 1 fully saturated rings. The predicted octanol–water partition coefficient (Wildman–Crippen LogP) is 2.89. The standard InChI is InChI=1S/C20H30ClN3O4S/c1-3-24(4-2)29(27,28)18-15-16(9-10-17(18)21)20(26)22-12-11-19(25)23-13-7-5-6-8-14-23/h9-10,15H,3-8,11-14H2,1-2H3,(H,22,26). The Morgan fingerprint density at radius 2 is 1.72 bits per heavy atom. The maximum atomic E-state index is 12.8. The molecule has 2 amide bonds. The highest BCUT2D eigenvalue weighted by molar-refractivity contribution is 7.89. The third kappa shape index (κ3) is 6.17. The summed E-state index contributed by atoms with van der Waals surface area (Å²) < 4.78 is 26.8. The monoisotopic (exact) mass is 443 g/mol. The van der Waals surface area contributed by atoms with Gasteiger partial charge in [0.2, 0.25) is 15.9 Å². The number of halogens is 1. The Labute approximate surface area is 178 Å². The van der Waals surface area contributed by atoms with Crippen LogP contribution in [0.4, 0.5) is 0 Å². The summed E-state index contributed by atoms with van der Waals surface area (Å²) in [6.45, 7) is 5.86. The topological polar surface area (TPSA) is 86.8 Å². The number of carbonyl (C=O) groups is 2. The maximum absolute atomic E-state index is 12.8. The average molecular weight is 444 g/mol. The smallest absolute Gasteiger partial charge is 0.251 e. The molecule has 2 rings (SSSR count). The molecule has 0 atom stereocenters. The SMILES string of the molecule is CCN(CC)S(=O)(=O)c1cc(C(=O)NCCC(=O)N2CCCCCC2)ccc1Cl. The fourth-order valence-electron chi connectivity index (χ4n) is 3.41. The Balaban J connectivity index is 2.01. The molecule has 9 heteroatoms. The molecule has 7 nitrogen and oxygen atoms in total. The highest BCUT2D eigenvalue weighted by Crippen LogP contribution is 2.26. The summed E-state index contributed by atoms with van der Waals surface area (Å²) in [5, 5.41) is 2.78. The van der Waals surface area contributed by atoms with Crippen LogP contribution >= 0.6 is 11.6 Å². The van der Waals surface area contributed by atoms with E-state index in [0.717, 1.165) is 38.8 Å². The van der Waals surface area contributed by atoms with Crippen LogP contribution in [-0.4, -0.2) is 62.2 Å². The minimum absolute atomic E-state index is 0.0353. The number of amides is 2. The molecular formula is C20H30ClN3O4S. The Morgan fingerprint density at radius 1 is 1.10 bits per heavy atom. The molecule has 1 aliphatic rings. The lowest BCUT2D eigenvalue weighted by atomic mass is 10.2. The molecule has 1 aromatic carbocycles. The predicted molar refractivity (Wildman–Crippen MR) is 114 cm³/mol. The third-order valence-electron chi connectivity index (χ3n) is 5.10. The minimum Gasteiger partial charge on any atom is -0.352 e. The molecule has 0 saturated carbocycles. The summed E-state index contributed by atoms with van der Waals surface area (Å²) >= 11 is 6.10. The molecule has 0 unspecified atom stereocenters. The van der Waals surface area contributed by atoms with E-state index >= 15 is 0 Å². The lowest BCUT2D eigenvalue weighted by Crippen LogP contribution is -2.35. The number of carbonyl (C=O) groups excluding carboxylic acids is 2. The van der Waals surface area contributed by atoms with Gasteiger partial charge >= 0.3 is 0 Å². The highest BCUT2D eigenvalue weighted by atomic mass is 35.5. The summed E-state index contributed by atoms with van der Waals surface area (Å²) in [5.74, 6) is -0.394. The van der Waals surface area contributed by atoms with Crippen molar-refractivity contribution in [1.29, 1.82) is 0 Å². The Morgan fingerprint density at radius 3 is 2.31 bits per heavy atom. The Kier molecular flexibility index (Phi) is 8.92. The molecule has 0 aromatic heterocycles. The van der Waals surface area contributed by atoms with Crippen molar-refractivity contribution < 1.29 is 18.0 Å². The molecule has 1 aliphatic heterocycles. The molecule has 0 bridgehead atoms. The number of hydrogen-bond acceptors (Lipinski definition) is 4. The summed E-state index contributed by atoms with van der Waals surface area (Å²) in [5.41, 5.74) is 0.197. The van der Waals surface area contributed by atoms with Gasteiger partial charge in [0.15, 0.2) is 0 Å². The van der Waals surface area contributed by atoms with Crippen LogP contribution in [-0.2, 0) is 14.8 Å². The lowest BCUT2D eigenvalue weighted by Gasteiger charge is -2.20. The van der Waals surface area contributed by atoms with E-state index in [9.17, 15) is 18.0 Å². The quantitative estimate of drug-likeness (QED) is 0.669. The van der Waals surface area contributed by atoms with Crippen molar-refractivity contribution in [1.82, 2.24) is 14.5 Å². The Bertz CT molecular complexity index is 817. The van der Waals surface area contributed by atoms with Gasteiger partial charge in [-0.2, -0.15) is 4.31 Å². The van der Waals surface area contributed by atoms with Crippen LogP contribution in [0.5, 0.6) is 0 Å². The molecule has 1 heterocycles. The molecule has 0 aliphatic carbocycles. The van der Waals surface area contributed by atoms with Crippen molar-refractivity contribution in [2.45, 2.75) is 50.8 Å². The molecule has 0 radical (unpaired) electrons. The first-order valence-electron chi connectivity index (χ1n) is 10.2. The number of rotatable bonds is 8. The van der Waals surface area contributed by atoms with E-state index < -0.39 is 15.9 Å². The molecule has 1 N–H and O–H groups in total. The van der Waals surface area contributed by atoms with Crippen LogP contribution in [0.2, 0.25) is 5.02 Å². The largest absolute Gasteiger partial charge is 0.352 e. The zero-order valence-corrected chi connectivity index (χ0v) is 18.7. The molecule has 1 aromatic rings. The Hall–Kier alpha value is -1.64. The summed E-state index contributed by atoms with van der Waals surface area (Å²) in [6, 6.07) is 4.19. The van der Waals surface area contributed by atoms with Gasteiger partial charge in [-0.3, -0.25) is 9.59 Å². The van der Waals surface area contributed by atoms with Gasteiger partial charge in [-0.05, 0) is 31.0 Å². The number of benzene rings is 1. The first-order chi connectivity index (χ1) is 13.8. The summed E-state index contributed by atoms with van der Waals surface area (Å²) in [4.78, 5) is 26.6. The van der Waals surface area contributed by atoms with Gasteiger partial charge in [0, 0.05) is 44.7 Å². The van der Waals surface area contributed by atoms with E-state index in [1.807, 2.05) is 4.90 Å². The van der Waals surface area contributed by atoms with Crippen LogP contribution in [0.25, 0.3) is 0 Å². The fraction of sp³-hybridized carbons (Fsp3) is 0.600. The van der Waals surface area contributed by atoms with E-state index in [0.29, 0.717) is 13.1 Å². The van der Waals surface area contributed by atoms with Crippen molar-refractivity contribution in [3.05, 3.63) is 28.8 Å². The van der Waals surface area contributed by atoms with Gasteiger partial charge < -0.3 is 10.2 Å². The van der Waals surface area contributed by atoms with E-state index in [1.54, 1.807) is 13.8 Å². The number of sulfonamides is 1. The van der Waals surface area contributed by atoms with Gasteiger partial charge in [-0.25, -0.2) is 8.42 Å². The average Bonchev–Trinajstić information content (AvgIpc) is 2.98. The van der Waals surface area contributed by atoms with Crippen molar-refractivity contribution in [3.8, 4) is 0 Å².